The molecule has 1 N–H and O–H groups in total. The number of nitrogens with zero attached hydrogens (tertiary/aromatic N) is 2. The Morgan fingerprint density at radius 1 is 1.21 bits per heavy atom. The minimum absolute atomic E-state index is 0.0307. The molecule has 1 aliphatic rings. The molecule has 6 heteroatoms. The zero-order valence-corrected chi connectivity index (χ0v) is 17.1. The quantitative estimate of drug-likeness (QED) is 0.690. The van der Waals surface area contributed by atoms with Crippen molar-refractivity contribution in [2.75, 3.05) is 4.90 Å². The average Bonchev–Trinajstić information content (AvgIpc) is 3.28. The standard InChI is InChI=1S/C23H23N3O2S/c1-16-6-8-18(9-7-16)26-21(27)11-10-19(22(26)20-5-3-13-29-20)23(28)25-15-17-4-2-12-24-14-17/h2-9,12-14,19,22H,10-11,15H2,1H3,(H,25,28)/t19-,22+/m1/s1. The van der Waals surface area contributed by atoms with Crippen molar-refractivity contribution in [3.8, 4) is 0 Å². The molecule has 0 bridgehead atoms. The van der Waals surface area contributed by atoms with E-state index in [4.69, 9.17) is 0 Å². The molecule has 3 aromatic rings. The van der Waals surface area contributed by atoms with Gasteiger partial charge in [0.05, 0.1) is 12.0 Å². The summed E-state index contributed by atoms with van der Waals surface area (Å²) in [5.41, 5.74) is 2.93. The first-order valence-electron chi connectivity index (χ1n) is 9.72. The van der Waals surface area contributed by atoms with Crippen molar-refractivity contribution < 1.29 is 9.59 Å². The maximum Gasteiger partial charge on any atom is 0.227 e. The molecule has 0 unspecified atom stereocenters. The van der Waals surface area contributed by atoms with E-state index in [0.29, 0.717) is 19.4 Å². The number of anilines is 1. The van der Waals surface area contributed by atoms with Crippen molar-refractivity contribution in [1.82, 2.24) is 10.3 Å². The summed E-state index contributed by atoms with van der Waals surface area (Å²) in [5, 5.41) is 5.04. The van der Waals surface area contributed by atoms with Gasteiger partial charge in [-0.05, 0) is 48.6 Å². The van der Waals surface area contributed by atoms with Crippen LogP contribution in [0.3, 0.4) is 0 Å². The van der Waals surface area contributed by atoms with Crippen LogP contribution in [0.4, 0.5) is 5.69 Å². The molecule has 1 aliphatic heterocycles. The number of pyridine rings is 1. The third-order valence-electron chi connectivity index (χ3n) is 5.27. The lowest BCUT2D eigenvalue weighted by molar-refractivity contribution is -0.129. The summed E-state index contributed by atoms with van der Waals surface area (Å²) in [6, 6.07) is 15.4. The van der Waals surface area contributed by atoms with E-state index < -0.39 is 0 Å². The van der Waals surface area contributed by atoms with Crippen LogP contribution < -0.4 is 10.2 Å². The van der Waals surface area contributed by atoms with E-state index >= 15 is 0 Å². The van der Waals surface area contributed by atoms with Crippen molar-refractivity contribution in [2.45, 2.75) is 32.4 Å². The van der Waals surface area contributed by atoms with Crippen molar-refractivity contribution in [3.63, 3.8) is 0 Å². The largest absolute Gasteiger partial charge is 0.352 e. The highest BCUT2D eigenvalue weighted by Crippen LogP contribution is 2.41. The number of piperidine rings is 1. The number of aromatic nitrogens is 1. The van der Waals surface area contributed by atoms with E-state index in [0.717, 1.165) is 21.7 Å². The van der Waals surface area contributed by atoms with Crippen molar-refractivity contribution in [2.24, 2.45) is 5.92 Å². The van der Waals surface area contributed by atoms with Crippen LogP contribution in [0.25, 0.3) is 0 Å². The molecule has 0 spiro atoms. The highest BCUT2D eigenvalue weighted by Gasteiger charge is 2.41. The number of aryl methyl sites for hydroxylation is 1. The van der Waals surface area contributed by atoms with Gasteiger partial charge in [0.1, 0.15) is 0 Å². The zero-order chi connectivity index (χ0) is 20.2. The first-order chi connectivity index (χ1) is 14.1. The van der Waals surface area contributed by atoms with Gasteiger partial charge in [-0.2, -0.15) is 0 Å². The normalized spacial score (nSPS) is 19.2. The third-order valence-corrected chi connectivity index (χ3v) is 6.21. The number of carbonyl (C=O) groups excluding carboxylic acids is 2. The second-order valence-corrected chi connectivity index (χ2v) is 8.26. The van der Waals surface area contributed by atoms with Crippen LogP contribution in [-0.4, -0.2) is 16.8 Å². The molecule has 2 amide bonds. The maximum absolute atomic E-state index is 13.1. The summed E-state index contributed by atoms with van der Waals surface area (Å²) in [5.74, 6) is -0.273. The molecule has 1 saturated heterocycles. The minimum Gasteiger partial charge on any atom is -0.352 e. The molecule has 148 valence electrons. The Bertz CT molecular complexity index is 971. The first kappa shape index (κ1) is 19.3. The van der Waals surface area contributed by atoms with Crippen molar-refractivity contribution >= 4 is 28.8 Å². The lowest BCUT2D eigenvalue weighted by Crippen LogP contribution is -2.48. The number of hydrogen-bond acceptors (Lipinski definition) is 4. The summed E-state index contributed by atoms with van der Waals surface area (Å²) in [6.45, 7) is 2.45. The van der Waals surface area contributed by atoms with Crippen LogP contribution in [0.5, 0.6) is 0 Å². The van der Waals surface area contributed by atoms with Gasteiger partial charge in [-0.25, -0.2) is 0 Å². The van der Waals surface area contributed by atoms with Gasteiger partial charge in [-0.3, -0.25) is 14.6 Å². The molecule has 5 nitrogen and oxygen atoms in total. The van der Waals surface area contributed by atoms with Gasteiger partial charge in [0.15, 0.2) is 0 Å². The molecule has 0 aliphatic carbocycles. The Hall–Kier alpha value is -2.99. The molecule has 0 radical (unpaired) electrons. The molecular weight excluding hydrogens is 382 g/mol. The second kappa shape index (κ2) is 8.57. The number of nitrogens with one attached hydrogen (secondary N) is 1. The summed E-state index contributed by atoms with van der Waals surface area (Å²) < 4.78 is 0. The number of hydrogen-bond donors (Lipinski definition) is 1. The van der Waals surface area contributed by atoms with E-state index in [1.165, 1.54) is 0 Å². The van der Waals surface area contributed by atoms with Gasteiger partial charge in [0.2, 0.25) is 11.8 Å². The zero-order valence-electron chi connectivity index (χ0n) is 16.2. The Morgan fingerprint density at radius 2 is 2.03 bits per heavy atom. The molecular formula is C23H23N3O2S. The molecule has 4 rings (SSSR count). The Balaban J connectivity index is 1.62. The van der Waals surface area contributed by atoms with Gasteiger partial charge in [-0.15, -0.1) is 11.3 Å². The van der Waals surface area contributed by atoms with Gasteiger partial charge >= 0.3 is 0 Å². The van der Waals surface area contributed by atoms with E-state index in [9.17, 15) is 9.59 Å². The number of amides is 2. The topological polar surface area (TPSA) is 62.3 Å². The van der Waals surface area contributed by atoms with E-state index in [2.05, 4.69) is 10.3 Å². The predicted octanol–water partition coefficient (Wildman–Crippen LogP) is 4.25. The van der Waals surface area contributed by atoms with Crippen LogP contribution in [-0.2, 0) is 16.1 Å². The van der Waals surface area contributed by atoms with E-state index in [-0.39, 0.29) is 23.8 Å². The number of carbonyl (C=O) groups is 2. The van der Waals surface area contributed by atoms with Gasteiger partial charge in [0.25, 0.3) is 0 Å². The number of benzene rings is 1. The summed E-state index contributed by atoms with van der Waals surface area (Å²) in [7, 11) is 0. The van der Waals surface area contributed by atoms with E-state index in [1.807, 2.05) is 65.7 Å². The predicted molar refractivity (Wildman–Crippen MR) is 115 cm³/mol. The fourth-order valence-electron chi connectivity index (χ4n) is 3.78. The van der Waals surface area contributed by atoms with Gasteiger partial charge < -0.3 is 10.2 Å². The maximum atomic E-state index is 13.1. The van der Waals surface area contributed by atoms with Crippen LogP contribution in [0.2, 0.25) is 0 Å². The summed E-state index contributed by atoms with van der Waals surface area (Å²) >= 11 is 1.58. The van der Waals surface area contributed by atoms with Gasteiger partial charge in [-0.1, -0.05) is 29.8 Å². The molecule has 2 atom stereocenters. The van der Waals surface area contributed by atoms with Crippen LogP contribution in [0.1, 0.15) is 34.9 Å². The first-order valence-corrected chi connectivity index (χ1v) is 10.6. The molecule has 0 saturated carbocycles. The lowest BCUT2D eigenvalue weighted by atomic mass is 9.86. The summed E-state index contributed by atoms with van der Waals surface area (Å²) in [6.07, 6.45) is 4.37. The molecule has 1 aromatic carbocycles. The summed E-state index contributed by atoms with van der Waals surface area (Å²) in [4.78, 5) is 33.0. The average molecular weight is 406 g/mol. The minimum atomic E-state index is -0.302. The molecule has 29 heavy (non-hydrogen) atoms. The highest BCUT2D eigenvalue weighted by atomic mass is 32.1. The fourth-order valence-corrected chi connectivity index (χ4v) is 4.67. The van der Waals surface area contributed by atoms with Gasteiger partial charge in [0, 0.05) is 35.9 Å². The number of thiophene rings is 1. The molecule has 3 heterocycles. The SMILES string of the molecule is Cc1ccc(N2C(=O)CC[C@@H](C(=O)NCc3cccnc3)[C@H]2c2cccs2)cc1. The van der Waals surface area contributed by atoms with Crippen LogP contribution in [0.15, 0.2) is 66.3 Å². The van der Waals surface area contributed by atoms with E-state index in [1.54, 1.807) is 23.7 Å². The lowest BCUT2D eigenvalue weighted by Gasteiger charge is -2.40. The Morgan fingerprint density at radius 3 is 2.72 bits per heavy atom. The molecule has 2 aromatic heterocycles. The second-order valence-electron chi connectivity index (χ2n) is 7.28. The Labute approximate surface area is 174 Å². The fraction of sp³-hybridized carbons (Fsp3) is 0.261. The smallest absolute Gasteiger partial charge is 0.227 e. The third kappa shape index (κ3) is 4.22. The van der Waals surface area contributed by atoms with Crippen LogP contribution in [0, 0.1) is 12.8 Å². The van der Waals surface area contributed by atoms with Crippen molar-refractivity contribution in [1.29, 1.82) is 0 Å². The van der Waals surface area contributed by atoms with Crippen molar-refractivity contribution in [3.05, 3.63) is 82.3 Å². The highest BCUT2D eigenvalue weighted by molar-refractivity contribution is 7.10. The number of rotatable bonds is 5. The Kier molecular flexibility index (Phi) is 5.71. The van der Waals surface area contributed by atoms with Crippen LogP contribution >= 0.6 is 11.3 Å². The monoisotopic (exact) mass is 405 g/mol. The molecule has 1 fully saturated rings.